The van der Waals surface area contributed by atoms with Crippen LogP contribution in [-0.2, 0) is 47.1 Å². The normalized spacial score (nSPS) is 25.2. The van der Waals surface area contributed by atoms with E-state index in [1.165, 1.54) is 20.8 Å². The van der Waals surface area contributed by atoms with Gasteiger partial charge >= 0.3 is 25.0 Å². The highest BCUT2D eigenvalue weighted by atomic mass is 35.5. The molecule has 18 heteroatoms. The maximum atomic E-state index is 11.4. The van der Waals surface area contributed by atoms with Gasteiger partial charge < -0.3 is 49.3 Å². The molecule has 0 aromatic rings. The number of Topliss-reactive ketones (excluding diaryl/α,β-unsaturated/α-hetero) is 1. The van der Waals surface area contributed by atoms with Crippen LogP contribution in [0.2, 0.25) is 0 Å². The van der Waals surface area contributed by atoms with E-state index in [1.807, 2.05) is 0 Å². The number of esters is 2. The number of aliphatic hydroxyl groups is 4. The molecule has 0 aliphatic heterocycles. The molecule has 4 saturated carbocycles. The van der Waals surface area contributed by atoms with Crippen LogP contribution in [0.1, 0.15) is 130 Å². The van der Waals surface area contributed by atoms with Crippen LogP contribution in [0, 0.1) is 59.7 Å². The Morgan fingerprint density at radius 1 is 0.645 bits per heavy atom. The molecular formula is C44H76ClN2O14P. The van der Waals surface area contributed by atoms with Crippen molar-refractivity contribution in [3.05, 3.63) is 5.53 Å². The van der Waals surface area contributed by atoms with Gasteiger partial charge in [0.2, 0.25) is 11.0 Å². The van der Waals surface area contributed by atoms with Crippen molar-refractivity contribution in [2.45, 2.75) is 130 Å². The van der Waals surface area contributed by atoms with E-state index in [0.29, 0.717) is 81.1 Å². The number of ether oxygens (including phenoxy) is 2. The third-order valence-corrected chi connectivity index (χ3v) is 13.2. The number of aliphatic hydroxyl groups excluding tert-OH is 4. The van der Waals surface area contributed by atoms with Crippen LogP contribution in [0.3, 0.4) is 0 Å². The number of rotatable bonds is 13. The highest BCUT2D eigenvalue weighted by molar-refractivity contribution is 7.74. The van der Waals surface area contributed by atoms with Crippen LogP contribution in [0.4, 0.5) is 0 Å². The van der Waals surface area contributed by atoms with Gasteiger partial charge in [-0.2, -0.15) is 4.79 Å². The summed E-state index contributed by atoms with van der Waals surface area (Å²) in [6.45, 7) is 7.67. The van der Waals surface area contributed by atoms with E-state index in [-0.39, 0.29) is 23.1 Å². The first-order valence-corrected chi connectivity index (χ1v) is 23.6. The molecule has 0 heterocycles. The second kappa shape index (κ2) is 37.5. The predicted molar refractivity (Wildman–Crippen MR) is 236 cm³/mol. The first kappa shape index (κ1) is 61.3. The lowest BCUT2D eigenvalue weighted by atomic mass is 9.83. The van der Waals surface area contributed by atoms with Crippen molar-refractivity contribution in [3.63, 3.8) is 0 Å². The number of hydrogen-bond acceptors (Lipinski definition) is 14. The van der Waals surface area contributed by atoms with Crippen molar-refractivity contribution in [2.24, 2.45) is 47.3 Å². The van der Waals surface area contributed by atoms with Crippen LogP contribution < -0.4 is 0 Å². The van der Waals surface area contributed by atoms with Crippen molar-refractivity contribution >= 4 is 53.9 Å². The first-order valence-electron chi connectivity index (χ1n) is 21.6. The summed E-state index contributed by atoms with van der Waals surface area (Å²) in [5.74, 6) is 5.47. The number of halogens is 1. The molecular weight excluding hydrogens is 847 g/mol. The van der Waals surface area contributed by atoms with Gasteiger partial charge in [-0.25, -0.2) is 4.57 Å². The Bertz CT molecular complexity index is 1370. The van der Waals surface area contributed by atoms with Gasteiger partial charge in [0, 0.05) is 80.2 Å². The quantitative estimate of drug-likeness (QED) is 0.0223. The minimum Gasteiger partial charge on any atom is -0.466 e. The fraction of sp³-hybridized carbons (Fsp3) is 0.818. The van der Waals surface area contributed by atoms with Gasteiger partial charge in [0.1, 0.15) is 6.29 Å². The van der Waals surface area contributed by atoms with Crippen molar-refractivity contribution in [1.29, 1.82) is 0 Å². The van der Waals surface area contributed by atoms with E-state index < -0.39 is 18.8 Å². The maximum absolute atomic E-state index is 11.4. The van der Waals surface area contributed by atoms with Crippen molar-refractivity contribution in [3.8, 4) is 12.3 Å². The Labute approximate surface area is 374 Å². The van der Waals surface area contributed by atoms with Crippen LogP contribution in [-0.4, -0.2) is 114 Å². The van der Waals surface area contributed by atoms with Gasteiger partial charge in [-0.1, -0.05) is 0 Å². The summed E-state index contributed by atoms with van der Waals surface area (Å²) >= 11 is 4.64. The molecule has 4 aliphatic carbocycles. The molecule has 0 amide bonds. The second-order valence-electron chi connectivity index (χ2n) is 16.2. The van der Waals surface area contributed by atoms with Crippen LogP contribution in [0.25, 0.3) is 5.53 Å². The minimum absolute atomic E-state index is 0.190. The van der Waals surface area contributed by atoms with Gasteiger partial charge in [-0.3, -0.25) is 19.2 Å². The van der Waals surface area contributed by atoms with Gasteiger partial charge in [0.05, 0.1) is 13.2 Å². The highest BCUT2D eigenvalue weighted by Crippen LogP contribution is 2.47. The molecule has 358 valence electrons. The largest absolute Gasteiger partial charge is 0.466 e. The average Bonchev–Trinajstić information content (AvgIpc) is 3.28. The molecule has 4 N–H and O–H groups in total. The number of hydrogen-bond donors (Lipinski definition) is 4. The van der Waals surface area contributed by atoms with E-state index in [2.05, 4.69) is 31.4 Å². The molecule has 0 unspecified atom stereocenters. The van der Waals surface area contributed by atoms with Gasteiger partial charge in [-0.15, -0.1) is 12.3 Å². The molecule has 0 radical (unpaired) electrons. The summed E-state index contributed by atoms with van der Waals surface area (Å²) in [6, 6.07) is 0. The second-order valence-corrected chi connectivity index (χ2v) is 18.9. The molecule has 16 nitrogen and oxygen atoms in total. The van der Waals surface area contributed by atoms with Crippen molar-refractivity contribution in [1.82, 2.24) is 0 Å². The molecule has 4 aliphatic rings. The summed E-state index contributed by atoms with van der Waals surface area (Å²) in [5.41, 5.74) is 7.73. The van der Waals surface area contributed by atoms with Gasteiger partial charge in [-0.05, 0) is 150 Å². The number of terminal acetylenes is 1. The molecule has 0 atom stereocenters. The monoisotopic (exact) mass is 922 g/mol. The SMILES string of the molecule is C#CC1CCC(CO)CC1.CC(=O)Cl.CC(=O)OCC1CCC(C=O)CC1.CC(=O)OCC1CCC(CO)CC1.COP(=O)(OC)C(=[N+]=[N-])C(C)=O.OCC1CCC(CO)CC1. The lowest BCUT2D eigenvalue weighted by Gasteiger charge is -2.26. The zero-order valence-electron chi connectivity index (χ0n) is 37.9. The maximum Gasteiger partial charge on any atom is 0.446 e. The van der Waals surface area contributed by atoms with E-state index in [9.17, 15) is 28.5 Å². The molecule has 4 rings (SSSR count). The Hall–Kier alpha value is -2.83. The highest BCUT2D eigenvalue weighted by Gasteiger charge is 2.41. The predicted octanol–water partition coefficient (Wildman–Crippen LogP) is 6.56. The minimum atomic E-state index is -3.70. The zero-order valence-corrected chi connectivity index (χ0v) is 39.6. The fourth-order valence-electron chi connectivity index (χ4n) is 7.22. The summed E-state index contributed by atoms with van der Waals surface area (Å²) in [7, 11) is -1.51. The zero-order chi connectivity index (χ0) is 47.5. The van der Waals surface area contributed by atoms with Gasteiger partial charge in [0.25, 0.3) is 0 Å². The van der Waals surface area contributed by atoms with E-state index in [4.69, 9.17) is 41.9 Å². The Morgan fingerprint density at radius 2 is 0.935 bits per heavy atom. The van der Waals surface area contributed by atoms with Crippen molar-refractivity contribution < 1.29 is 72.3 Å². The van der Waals surface area contributed by atoms with Crippen LogP contribution in [0.5, 0.6) is 0 Å². The molecule has 0 aromatic carbocycles. The molecule has 0 spiro atoms. The van der Waals surface area contributed by atoms with Crippen molar-refractivity contribution in [2.75, 3.05) is 53.9 Å². The topological polar surface area (TPSA) is 257 Å². The van der Waals surface area contributed by atoms with Crippen LogP contribution >= 0.6 is 19.2 Å². The molecule has 4 fully saturated rings. The third kappa shape index (κ3) is 30.3. The van der Waals surface area contributed by atoms with Crippen LogP contribution in [0.15, 0.2) is 0 Å². The molecule has 0 saturated heterocycles. The lowest BCUT2D eigenvalue weighted by molar-refractivity contribution is -0.143. The first-order chi connectivity index (χ1) is 29.4. The molecule has 0 aromatic heterocycles. The summed E-state index contributed by atoms with van der Waals surface area (Å²) in [5, 5.41) is 34.9. The standard InChI is InChI=1S/C10H18O3.C10H16O3.C9H14O.C8H16O2.C5H9N2O4P.C2H3ClO/c2*1-8(12)13-7-10-4-2-9(6-11)3-5-10;1-2-8-3-5-9(7-10)6-4-8;9-5-7-1-2-8(6-10)4-3-7;1-4(8)5(7-6)12(9,10-2)11-3;1-2(3)4/h9-11H,2-7H2,1H3;6,9-10H,2-5,7H2,1H3;1,8-10H,3-7H2;7-10H,1-6H2;1-3H3;1H3. The Balaban J connectivity index is 0. The fourth-order valence-corrected chi connectivity index (χ4v) is 8.21. The van der Waals surface area contributed by atoms with E-state index in [0.717, 1.165) is 130 Å². The Kier molecular flexibility index (Phi) is 37.1. The third-order valence-electron chi connectivity index (χ3n) is 11.3. The van der Waals surface area contributed by atoms with Gasteiger partial charge in [0.15, 0.2) is 0 Å². The number of ketones is 1. The average molecular weight is 924 g/mol. The smallest absolute Gasteiger partial charge is 0.446 e. The Morgan fingerprint density at radius 3 is 1.15 bits per heavy atom. The lowest BCUT2D eigenvalue weighted by Crippen LogP contribution is -2.21. The number of nitrogens with zero attached hydrogens (tertiary/aromatic N) is 2. The number of aldehydes is 1. The van der Waals surface area contributed by atoms with E-state index in [1.54, 1.807) is 0 Å². The number of carbonyl (C=O) groups is 5. The van der Waals surface area contributed by atoms with E-state index >= 15 is 0 Å². The summed E-state index contributed by atoms with van der Waals surface area (Å²) < 4.78 is 30.1. The molecule has 0 bridgehead atoms. The molecule has 62 heavy (non-hydrogen) atoms. The number of carbonyl (C=O) groups excluding carboxylic acids is 5. The summed E-state index contributed by atoms with van der Waals surface area (Å²) in [6.07, 6.45) is 23.4. The summed E-state index contributed by atoms with van der Waals surface area (Å²) in [4.78, 5) is 54.0.